The maximum Gasteiger partial charge on any atom is 0.220 e. The fourth-order valence-electron chi connectivity index (χ4n) is 4.74. The zero-order valence-corrected chi connectivity index (χ0v) is 26.4. The van der Waals surface area contributed by atoms with Gasteiger partial charge in [-0.05, 0) is 51.4 Å². The SMILES string of the molecule is CC/C=C\C/C=C\C/C=C\C/C=C\CCCCC(=O)NC(COC1OC(CO)C(O)C(O)C1O)C(O)CCCCCCC. The minimum absolute atomic E-state index is 0.160. The van der Waals surface area contributed by atoms with Gasteiger partial charge in [-0.15, -0.1) is 0 Å². The Bertz CT molecular complexity index is 812. The van der Waals surface area contributed by atoms with E-state index < -0.39 is 49.5 Å². The molecule has 0 aromatic heterocycles. The molecule has 9 heteroatoms. The molecule has 1 aliphatic heterocycles. The summed E-state index contributed by atoms with van der Waals surface area (Å²) in [5.74, 6) is -0.197. The lowest BCUT2D eigenvalue weighted by Gasteiger charge is -2.40. The van der Waals surface area contributed by atoms with Crippen LogP contribution < -0.4 is 5.32 Å². The van der Waals surface area contributed by atoms with Crippen LogP contribution in [0.2, 0.25) is 0 Å². The maximum absolute atomic E-state index is 12.7. The Hall–Kier alpha value is -1.85. The standard InChI is InChI=1S/C34H59NO8/c1-3-5-7-9-10-11-12-13-14-15-16-17-18-20-22-24-30(38)35-27(28(37)23-21-19-8-6-4-2)26-42-34-33(41)32(40)31(39)29(25-36)43-34/h5,7,10-11,13-14,16-17,27-29,31-34,36-37,39-41H,3-4,6,8-9,12,15,18-26H2,1-2H3,(H,35,38)/b7-5-,11-10-,14-13-,17-16-. The first-order valence-corrected chi connectivity index (χ1v) is 16.3. The molecule has 1 rings (SSSR count). The molecule has 1 saturated heterocycles. The van der Waals surface area contributed by atoms with Gasteiger partial charge in [0.15, 0.2) is 6.29 Å². The molecule has 0 aliphatic carbocycles. The normalized spacial score (nSPS) is 24.5. The number of unbranched alkanes of at least 4 members (excludes halogenated alkanes) is 6. The molecule has 6 N–H and O–H groups in total. The Kier molecular flexibility index (Phi) is 23.2. The van der Waals surface area contributed by atoms with Gasteiger partial charge < -0.3 is 40.3 Å². The molecule has 0 saturated carbocycles. The molecule has 248 valence electrons. The fourth-order valence-corrected chi connectivity index (χ4v) is 4.74. The number of hydrogen-bond acceptors (Lipinski definition) is 8. The molecule has 1 fully saturated rings. The van der Waals surface area contributed by atoms with Crippen molar-refractivity contribution in [3.63, 3.8) is 0 Å². The van der Waals surface area contributed by atoms with Crippen LogP contribution in [0.3, 0.4) is 0 Å². The summed E-state index contributed by atoms with van der Waals surface area (Å²) in [7, 11) is 0. The van der Waals surface area contributed by atoms with Gasteiger partial charge in [0.2, 0.25) is 5.91 Å². The van der Waals surface area contributed by atoms with Gasteiger partial charge in [0.25, 0.3) is 0 Å². The minimum atomic E-state index is -1.56. The van der Waals surface area contributed by atoms with Gasteiger partial charge in [-0.2, -0.15) is 0 Å². The van der Waals surface area contributed by atoms with Crippen molar-refractivity contribution in [1.29, 1.82) is 0 Å². The Labute approximate surface area is 259 Å². The van der Waals surface area contributed by atoms with Gasteiger partial charge in [-0.3, -0.25) is 4.79 Å². The van der Waals surface area contributed by atoms with Crippen LogP contribution in [0.5, 0.6) is 0 Å². The van der Waals surface area contributed by atoms with E-state index in [-0.39, 0.29) is 12.5 Å². The number of ether oxygens (including phenoxy) is 2. The summed E-state index contributed by atoms with van der Waals surface area (Å²) < 4.78 is 11.1. The van der Waals surface area contributed by atoms with E-state index in [0.29, 0.717) is 19.3 Å². The van der Waals surface area contributed by atoms with Crippen molar-refractivity contribution in [3.05, 3.63) is 48.6 Å². The molecule has 0 aromatic carbocycles. The van der Waals surface area contributed by atoms with Crippen LogP contribution in [0.1, 0.15) is 104 Å². The van der Waals surface area contributed by atoms with Gasteiger partial charge in [-0.1, -0.05) is 94.6 Å². The van der Waals surface area contributed by atoms with Crippen molar-refractivity contribution in [2.45, 2.75) is 147 Å². The molecule has 9 nitrogen and oxygen atoms in total. The van der Waals surface area contributed by atoms with Crippen molar-refractivity contribution in [2.24, 2.45) is 0 Å². The van der Waals surface area contributed by atoms with E-state index in [4.69, 9.17) is 9.47 Å². The number of aliphatic hydroxyl groups is 5. The molecular weight excluding hydrogens is 550 g/mol. The second-order valence-corrected chi connectivity index (χ2v) is 11.2. The molecule has 1 amide bonds. The van der Waals surface area contributed by atoms with E-state index >= 15 is 0 Å². The van der Waals surface area contributed by atoms with Crippen molar-refractivity contribution >= 4 is 5.91 Å². The smallest absolute Gasteiger partial charge is 0.220 e. The van der Waals surface area contributed by atoms with E-state index in [9.17, 15) is 30.3 Å². The summed E-state index contributed by atoms with van der Waals surface area (Å²) in [6.07, 6.45) is 21.7. The van der Waals surface area contributed by atoms with Crippen LogP contribution >= 0.6 is 0 Å². The lowest BCUT2D eigenvalue weighted by molar-refractivity contribution is -0.302. The molecule has 7 unspecified atom stereocenters. The molecule has 0 spiro atoms. The van der Waals surface area contributed by atoms with Gasteiger partial charge in [0.05, 0.1) is 25.4 Å². The Morgan fingerprint density at radius 2 is 1.44 bits per heavy atom. The van der Waals surface area contributed by atoms with Gasteiger partial charge in [0.1, 0.15) is 24.4 Å². The van der Waals surface area contributed by atoms with E-state index in [2.05, 4.69) is 67.8 Å². The van der Waals surface area contributed by atoms with Crippen LogP contribution in [-0.2, 0) is 14.3 Å². The average Bonchev–Trinajstić information content (AvgIpc) is 3.00. The van der Waals surface area contributed by atoms with E-state index in [1.54, 1.807) is 0 Å². The quantitative estimate of drug-likeness (QED) is 0.0698. The minimum Gasteiger partial charge on any atom is -0.394 e. The maximum atomic E-state index is 12.7. The molecule has 0 radical (unpaired) electrons. The summed E-state index contributed by atoms with van der Waals surface area (Å²) in [5.41, 5.74) is 0. The predicted octanol–water partition coefficient (Wildman–Crippen LogP) is 4.37. The molecule has 1 heterocycles. The summed E-state index contributed by atoms with van der Waals surface area (Å²) in [6.45, 7) is 3.54. The third kappa shape index (κ3) is 17.9. The monoisotopic (exact) mass is 609 g/mol. The summed E-state index contributed by atoms with van der Waals surface area (Å²) in [4.78, 5) is 12.7. The summed E-state index contributed by atoms with van der Waals surface area (Å²) in [5, 5.41) is 53.4. The Morgan fingerprint density at radius 1 is 0.814 bits per heavy atom. The summed E-state index contributed by atoms with van der Waals surface area (Å²) in [6, 6.07) is -0.736. The van der Waals surface area contributed by atoms with Crippen molar-refractivity contribution in [1.82, 2.24) is 5.32 Å². The summed E-state index contributed by atoms with van der Waals surface area (Å²) >= 11 is 0. The highest BCUT2D eigenvalue weighted by Crippen LogP contribution is 2.22. The number of carbonyl (C=O) groups excluding carboxylic acids is 1. The molecule has 43 heavy (non-hydrogen) atoms. The predicted molar refractivity (Wildman–Crippen MR) is 170 cm³/mol. The third-order valence-corrected chi connectivity index (χ3v) is 7.45. The lowest BCUT2D eigenvalue weighted by Crippen LogP contribution is -2.60. The third-order valence-electron chi connectivity index (χ3n) is 7.45. The van der Waals surface area contributed by atoms with E-state index in [0.717, 1.165) is 70.6 Å². The number of nitrogens with one attached hydrogen (secondary N) is 1. The number of rotatable bonds is 24. The fraction of sp³-hybridized carbons (Fsp3) is 0.735. The lowest BCUT2D eigenvalue weighted by atomic mass is 9.99. The number of amides is 1. The van der Waals surface area contributed by atoms with E-state index in [1.165, 1.54) is 0 Å². The second kappa shape index (κ2) is 25.5. The highest BCUT2D eigenvalue weighted by Gasteiger charge is 2.44. The molecular formula is C34H59NO8. The number of hydrogen-bond donors (Lipinski definition) is 6. The highest BCUT2D eigenvalue weighted by atomic mass is 16.7. The Morgan fingerprint density at radius 3 is 2.07 bits per heavy atom. The molecule has 1 aliphatic rings. The van der Waals surface area contributed by atoms with Gasteiger partial charge >= 0.3 is 0 Å². The topological polar surface area (TPSA) is 149 Å². The Balaban J connectivity index is 2.46. The first-order chi connectivity index (χ1) is 20.8. The average molecular weight is 610 g/mol. The molecule has 7 atom stereocenters. The number of carbonyl (C=O) groups is 1. The van der Waals surface area contributed by atoms with Gasteiger partial charge in [-0.25, -0.2) is 0 Å². The largest absolute Gasteiger partial charge is 0.394 e. The van der Waals surface area contributed by atoms with Crippen molar-refractivity contribution in [2.75, 3.05) is 13.2 Å². The molecule has 0 bridgehead atoms. The van der Waals surface area contributed by atoms with Crippen LogP contribution in [0.15, 0.2) is 48.6 Å². The van der Waals surface area contributed by atoms with Gasteiger partial charge in [0, 0.05) is 6.42 Å². The number of aliphatic hydroxyl groups excluding tert-OH is 5. The van der Waals surface area contributed by atoms with Crippen LogP contribution in [0, 0.1) is 0 Å². The number of allylic oxidation sites excluding steroid dienone is 8. The van der Waals surface area contributed by atoms with Crippen LogP contribution in [0.25, 0.3) is 0 Å². The zero-order chi connectivity index (χ0) is 31.7. The zero-order valence-electron chi connectivity index (χ0n) is 26.4. The first-order valence-electron chi connectivity index (χ1n) is 16.3. The van der Waals surface area contributed by atoms with E-state index in [1.807, 2.05) is 0 Å². The van der Waals surface area contributed by atoms with Crippen LogP contribution in [-0.4, -0.2) is 87.5 Å². The molecule has 0 aromatic rings. The van der Waals surface area contributed by atoms with Crippen molar-refractivity contribution < 1.29 is 39.8 Å². The van der Waals surface area contributed by atoms with Crippen molar-refractivity contribution in [3.8, 4) is 0 Å². The van der Waals surface area contributed by atoms with Crippen LogP contribution in [0.4, 0.5) is 0 Å². The first kappa shape index (κ1) is 39.2. The highest BCUT2D eigenvalue weighted by molar-refractivity contribution is 5.76. The second-order valence-electron chi connectivity index (χ2n) is 11.2.